The molecule has 0 heterocycles. The molecule has 0 aliphatic heterocycles. The fraction of sp³-hybridized carbons (Fsp3) is 0.923. The number of nitrogens with zero attached hydrogens (tertiary/aromatic N) is 1. The molecule has 0 aromatic heterocycles. The number of hydrogen-bond acceptors (Lipinski definition) is 1. The average Bonchev–Trinajstić information content (AvgIpc) is 1.96. The highest BCUT2D eigenvalue weighted by atomic mass is 15.1. The number of guanidine groups is 1. The molecule has 0 amide bonds. The average molecular weight is 225 g/mol. The summed E-state index contributed by atoms with van der Waals surface area (Å²) >= 11 is 0. The Bertz CT molecular complexity index is 261. The van der Waals surface area contributed by atoms with E-state index >= 15 is 0 Å². The molecule has 94 valence electrons. The molecule has 0 aromatic rings. The van der Waals surface area contributed by atoms with Gasteiger partial charge < -0.3 is 11.1 Å². The molecule has 3 heteroatoms. The number of hydrogen-bond donors (Lipinski definition) is 2. The normalized spacial score (nSPS) is 26.6. The maximum absolute atomic E-state index is 5.92. The van der Waals surface area contributed by atoms with Crippen molar-refractivity contribution in [3.8, 4) is 0 Å². The highest BCUT2D eigenvalue weighted by Gasteiger charge is 2.27. The van der Waals surface area contributed by atoms with Gasteiger partial charge in [-0.25, -0.2) is 0 Å². The van der Waals surface area contributed by atoms with Crippen molar-refractivity contribution >= 4 is 5.96 Å². The Balaban J connectivity index is 2.55. The van der Waals surface area contributed by atoms with Crippen molar-refractivity contribution in [3.05, 3.63) is 0 Å². The molecule has 1 saturated carbocycles. The summed E-state index contributed by atoms with van der Waals surface area (Å²) in [5.74, 6) is 0.593. The smallest absolute Gasteiger partial charge is 0.189 e. The van der Waals surface area contributed by atoms with E-state index in [2.05, 4.69) is 44.9 Å². The molecular formula is C13H27N3. The van der Waals surface area contributed by atoms with Crippen LogP contribution in [0.3, 0.4) is 0 Å². The Hall–Kier alpha value is -0.730. The predicted octanol–water partition coefficient (Wildman–Crippen LogP) is 2.66. The summed E-state index contributed by atoms with van der Waals surface area (Å²) in [6, 6.07) is 0.401. The van der Waals surface area contributed by atoms with E-state index < -0.39 is 0 Å². The van der Waals surface area contributed by atoms with Crippen LogP contribution in [0.5, 0.6) is 0 Å². The van der Waals surface area contributed by atoms with Crippen LogP contribution in [-0.4, -0.2) is 17.5 Å². The van der Waals surface area contributed by atoms with Crippen LogP contribution in [0, 0.1) is 5.41 Å². The molecule has 3 N–H and O–H groups in total. The van der Waals surface area contributed by atoms with E-state index in [0.717, 1.165) is 6.42 Å². The highest BCUT2D eigenvalue weighted by molar-refractivity contribution is 5.78. The van der Waals surface area contributed by atoms with Crippen LogP contribution < -0.4 is 11.1 Å². The van der Waals surface area contributed by atoms with E-state index in [1.165, 1.54) is 19.3 Å². The minimum absolute atomic E-state index is 0.00221. The van der Waals surface area contributed by atoms with Gasteiger partial charge >= 0.3 is 0 Å². The third-order valence-electron chi connectivity index (χ3n) is 3.00. The molecule has 1 aliphatic rings. The van der Waals surface area contributed by atoms with Gasteiger partial charge in [0.25, 0.3) is 0 Å². The second-order valence-electron chi connectivity index (χ2n) is 6.80. The molecule has 0 saturated heterocycles. The van der Waals surface area contributed by atoms with Crippen molar-refractivity contribution < 1.29 is 0 Å². The molecule has 0 radical (unpaired) electrons. The van der Waals surface area contributed by atoms with Crippen LogP contribution in [0.1, 0.15) is 60.3 Å². The lowest BCUT2D eigenvalue weighted by molar-refractivity contribution is 0.221. The van der Waals surface area contributed by atoms with E-state index in [-0.39, 0.29) is 5.54 Å². The highest BCUT2D eigenvalue weighted by Crippen LogP contribution is 2.36. The summed E-state index contributed by atoms with van der Waals surface area (Å²) in [5, 5.41) is 3.22. The summed E-state index contributed by atoms with van der Waals surface area (Å²) in [7, 11) is 0. The maximum Gasteiger partial charge on any atom is 0.189 e. The van der Waals surface area contributed by atoms with Crippen LogP contribution >= 0.6 is 0 Å². The first kappa shape index (κ1) is 13.3. The van der Waals surface area contributed by atoms with Crippen molar-refractivity contribution in [1.29, 1.82) is 0 Å². The molecule has 3 nitrogen and oxygen atoms in total. The van der Waals surface area contributed by atoms with E-state index in [0.29, 0.717) is 17.4 Å². The Kier molecular flexibility index (Phi) is 3.87. The van der Waals surface area contributed by atoms with Crippen LogP contribution in [0.2, 0.25) is 0 Å². The zero-order chi connectivity index (χ0) is 12.4. The van der Waals surface area contributed by atoms with Gasteiger partial charge in [-0.15, -0.1) is 0 Å². The topological polar surface area (TPSA) is 50.4 Å². The van der Waals surface area contributed by atoms with Gasteiger partial charge in [-0.2, -0.15) is 0 Å². The fourth-order valence-corrected chi connectivity index (χ4v) is 2.38. The molecule has 0 bridgehead atoms. The summed E-state index contributed by atoms with van der Waals surface area (Å²) in [6.07, 6.45) is 4.91. The molecule has 1 rings (SSSR count). The van der Waals surface area contributed by atoms with Gasteiger partial charge in [0.05, 0.1) is 6.04 Å². The van der Waals surface area contributed by atoms with Crippen molar-refractivity contribution in [3.63, 3.8) is 0 Å². The molecule has 1 fully saturated rings. The van der Waals surface area contributed by atoms with Gasteiger partial charge in [-0.1, -0.05) is 20.3 Å². The Morgan fingerprint density at radius 2 is 2.00 bits per heavy atom. The number of rotatable bonds is 1. The minimum Gasteiger partial charge on any atom is -0.370 e. The second-order valence-corrected chi connectivity index (χ2v) is 6.80. The van der Waals surface area contributed by atoms with Crippen molar-refractivity contribution in [1.82, 2.24) is 5.32 Å². The lowest BCUT2D eigenvalue weighted by atomic mass is 9.75. The molecule has 16 heavy (non-hydrogen) atoms. The SMILES string of the molecule is CC1(C)CCCC(N=C(N)NC(C)(C)C)C1. The van der Waals surface area contributed by atoms with Crippen molar-refractivity contribution in [2.24, 2.45) is 16.1 Å². The third-order valence-corrected chi connectivity index (χ3v) is 3.00. The van der Waals surface area contributed by atoms with E-state index in [9.17, 15) is 0 Å². The number of nitrogens with two attached hydrogens (primary N) is 1. The molecule has 1 unspecified atom stereocenters. The summed E-state index contributed by atoms with van der Waals surface area (Å²) in [6.45, 7) is 10.9. The van der Waals surface area contributed by atoms with Crippen LogP contribution in [0.4, 0.5) is 0 Å². The number of nitrogens with one attached hydrogen (secondary N) is 1. The summed E-state index contributed by atoms with van der Waals surface area (Å²) < 4.78 is 0. The number of aliphatic imine (C=N–C) groups is 1. The van der Waals surface area contributed by atoms with Gasteiger partial charge in [0.1, 0.15) is 0 Å². The monoisotopic (exact) mass is 225 g/mol. The molecule has 0 aromatic carbocycles. The predicted molar refractivity (Wildman–Crippen MR) is 70.5 cm³/mol. The summed E-state index contributed by atoms with van der Waals surface area (Å²) in [5.41, 5.74) is 6.34. The molecular weight excluding hydrogens is 198 g/mol. The first-order chi connectivity index (χ1) is 7.18. The first-order valence-electron chi connectivity index (χ1n) is 6.29. The van der Waals surface area contributed by atoms with Crippen molar-refractivity contribution in [2.45, 2.75) is 71.9 Å². The molecule has 1 atom stereocenters. The van der Waals surface area contributed by atoms with Gasteiger partial charge in [0.2, 0.25) is 0 Å². The quantitative estimate of drug-likeness (QED) is 0.532. The third kappa shape index (κ3) is 4.86. The summed E-state index contributed by atoms with van der Waals surface area (Å²) in [4.78, 5) is 4.60. The lowest BCUT2D eigenvalue weighted by Gasteiger charge is -2.33. The Labute approximate surface area is 99.9 Å². The van der Waals surface area contributed by atoms with Crippen LogP contribution in [0.25, 0.3) is 0 Å². The lowest BCUT2D eigenvalue weighted by Crippen LogP contribution is -2.45. The second kappa shape index (κ2) is 4.64. The van der Waals surface area contributed by atoms with Gasteiger partial charge in [0, 0.05) is 5.54 Å². The standard InChI is InChI=1S/C13H27N3/c1-12(2,3)16-11(14)15-10-7-6-8-13(4,5)9-10/h10H,6-9H2,1-5H3,(H3,14,15,16). The Morgan fingerprint density at radius 1 is 1.38 bits per heavy atom. The first-order valence-corrected chi connectivity index (χ1v) is 6.29. The van der Waals surface area contributed by atoms with Gasteiger partial charge in [-0.05, 0) is 45.4 Å². The van der Waals surface area contributed by atoms with Gasteiger partial charge in [-0.3, -0.25) is 4.99 Å². The van der Waals surface area contributed by atoms with Crippen LogP contribution in [0.15, 0.2) is 4.99 Å². The van der Waals surface area contributed by atoms with Crippen molar-refractivity contribution in [2.75, 3.05) is 0 Å². The largest absolute Gasteiger partial charge is 0.370 e. The fourth-order valence-electron chi connectivity index (χ4n) is 2.38. The molecule has 0 spiro atoms. The van der Waals surface area contributed by atoms with E-state index in [1.54, 1.807) is 0 Å². The zero-order valence-electron chi connectivity index (χ0n) is 11.4. The maximum atomic E-state index is 5.92. The zero-order valence-corrected chi connectivity index (χ0v) is 11.4. The van der Waals surface area contributed by atoms with Gasteiger partial charge in [0.15, 0.2) is 5.96 Å². The van der Waals surface area contributed by atoms with Crippen LogP contribution in [-0.2, 0) is 0 Å². The van der Waals surface area contributed by atoms with E-state index in [1.807, 2.05) is 0 Å². The minimum atomic E-state index is -0.00221. The molecule has 1 aliphatic carbocycles. The Morgan fingerprint density at radius 3 is 2.50 bits per heavy atom. The van der Waals surface area contributed by atoms with E-state index in [4.69, 9.17) is 5.73 Å².